The number of hydrogen-bond acceptors (Lipinski definition) is 4. The van der Waals surface area contributed by atoms with Crippen molar-refractivity contribution in [2.24, 2.45) is 5.92 Å². The minimum atomic E-state index is -0.844. The molecule has 5 aliphatic rings. The largest absolute Gasteiger partial charge is 0.504 e. The molecular weight excluding hydrogens is 326 g/mol. The molecule has 136 valence electrons. The molecule has 26 heavy (non-hydrogen) atoms. The maximum absolute atomic E-state index is 12.1. The lowest BCUT2D eigenvalue weighted by atomic mass is 9.49. The summed E-state index contributed by atoms with van der Waals surface area (Å²) in [5, 5.41) is 22.6. The standard InChI is InChI=1S/C22H25NO3/c1-2-14-7-8-22(25)17-11-15-5-6-16(24)19-18(15)21(22,20(14)26-19)9-10-23(17)12-13-3-4-13/h2,5-7,13,17,20,24-25H,1,3-4,8-12H2/t17-,20?,21+,22-/m1/s1. The van der Waals surface area contributed by atoms with Crippen LogP contribution in [-0.2, 0) is 11.8 Å². The zero-order valence-electron chi connectivity index (χ0n) is 14.9. The van der Waals surface area contributed by atoms with Crippen LogP contribution in [0.15, 0.2) is 36.4 Å². The summed E-state index contributed by atoms with van der Waals surface area (Å²) in [5.41, 5.74) is 2.05. The van der Waals surface area contributed by atoms with E-state index in [-0.39, 0.29) is 17.9 Å². The van der Waals surface area contributed by atoms with Crippen LogP contribution in [0.4, 0.5) is 0 Å². The van der Waals surface area contributed by atoms with Crippen molar-refractivity contribution >= 4 is 0 Å². The molecule has 0 aromatic heterocycles. The van der Waals surface area contributed by atoms with Gasteiger partial charge in [0.2, 0.25) is 0 Å². The average Bonchev–Trinajstić information content (AvgIpc) is 3.37. The van der Waals surface area contributed by atoms with Crippen LogP contribution in [0.3, 0.4) is 0 Å². The zero-order valence-corrected chi connectivity index (χ0v) is 14.9. The molecule has 0 radical (unpaired) electrons. The first kappa shape index (κ1) is 15.3. The van der Waals surface area contributed by atoms with Gasteiger partial charge in [-0.05, 0) is 61.8 Å². The minimum absolute atomic E-state index is 0.119. The third kappa shape index (κ3) is 1.59. The van der Waals surface area contributed by atoms with E-state index in [0.717, 1.165) is 43.0 Å². The first-order valence-electron chi connectivity index (χ1n) is 9.89. The Kier molecular flexibility index (Phi) is 2.78. The highest BCUT2D eigenvalue weighted by Crippen LogP contribution is 2.65. The fourth-order valence-electron chi connectivity index (χ4n) is 6.33. The molecule has 1 spiro atoms. The highest BCUT2D eigenvalue weighted by atomic mass is 16.5. The van der Waals surface area contributed by atoms with Crippen LogP contribution in [-0.4, -0.2) is 45.9 Å². The van der Waals surface area contributed by atoms with Crippen LogP contribution in [0.2, 0.25) is 0 Å². The normalized spacial score (nSPS) is 39.8. The van der Waals surface area contributed by atoms with E-state index in [0.29, 0.717) is 12.2 Å². The molecule has 4 atom stereocenters. The molecule has 2 bridgehead atoms. The van der Waals surface area contributed by atoms with Crippen LogP contribution in [0, 0.1) is 5.92 Å². The molecule has 1 aromatic carbocycles. The number of aliphatic hydroxyl groups is 1. The SMILES string of the molecule is C=CC1=CC[C@@]2(O)[C@H]3Cc4ccc(O)c5c4[C@@]2(CCN3CC2CC2)C1O5. The predicted octanol–water partition coefficient (Wildman–Crippen LogP) is 2.68. The summed E-state index contributed by atoms with van der Waals surface area (Å²) in [4.78, 5) is 2.54. The van der Waals surface area contributed by atoms with Gasteiger partial charge in [0, 0.05) is 18.2 Å². The number of ether oxygens (including phenoxy) is 1. The third-order valence-electron chi connectivity index (χ3n) is 7.70. The van der Waals surface area contributed by atoms with Gasteiger partial charge in [-0.3, -0.25) is 4.90 Å². The van der Waals surface area contributed by atoms with Gasteiger partial charge in [0.1, 0.15) is 6.10 Å². The molecular formula is C22H25NO3. The summed E-state index contributed by atoms with van der Waals surface area (Å²) >= 11 is 0. The lowest BCUT2D eigenvalue weighted by molar-refractivity contribution is -0.163. The first-order chi connectivity index (χ1) is 12.6. The highest BCUT2D eigenvalue weighted by molar-refractivity contribution is 5.64. The fourth-order valence-corrected chi connectivity index (χ4v) is 6.33. The van der Waals surface area contributed by atoms with Crippen LogP contribution >= 0.6 is 0 Å². The summed E-state index contributed by atoms with van der Waals surface area (Å²) in [5.74, 6) is 1.59. The Morgan fingerprint density at radius 1 is 1.35 bits per heavy atom. The number of nitrogens with zero attached hydrogens (tertiary/aromatic N) is 1. The topological polar surface area (TPSA) is 52.9 Å². The quantitative estimate of drug-likeness (QED) is 0.879. The molecule has 6 rings (SSSR count). The Balaban J connectivity index is 1.59. The van der Waals surface area contributed by atoms with Gasteiger partial charge in [0.25, 0.3) is 0 Å². The van der Waals surface area contributed by atoms with Crippen molar-refractivity contribution in [1.82, 2.24) is 4.90 Å². The van der Waals surface area contributed by atoms with Gasteiger partial charge in [0.15, 0.2) is 11.5 Å². The number of hydrogen-bond donors (Lipinski definition) is 2. The van der Waals surface area contributed by atoms with Gasteiger partial charge < -0.3 is 14.9 Å². The van der Waals surface area contributed by atoms with Crippen LogP contribution in [0.5, 0.6) is 11.5 Å². The molecule has 4 heteroatoms. The van der Waals surface area contributed by atoms with E-state index in [1.54, 1.807) is 6.07 Å². The van der Waals surface area contributed by atoms with E-state index < -0.39 is 11.0 Å². The Morgan fingerprint density at radius 2 is 2.19 bits per heavy atom. The van der Waals surface area contributed by atoms with Gasteiger partial charge in [-0.15, -0.1) is 0 Å². The van der Waals surface area contributed by atoms with E-state index in [9.17, 15) is 10.2 Å². The second-order valence-electron chi connectivity index (χ2n) is 8.86. The predicted molar refractivity (Wildman–Crippen MR) is 98.5 cm³/mol. The number of aromatic hydroxyl groups is 1. The average molecular weight is 351 g/mol. The molecule has 1 saturated heterocycles. The Morgan fingerprint density at radius 3 is 2.96 bits per heavy atom. The summed E-state index contributed by atoms with van der Waals surface area (Å²) in [6, 6.07) is 3.92. The molecule has 3 aliphatic carbocycles. The summed E-state index contributed by atoms with van der Waals surface area (Å²) in [6.07, 6.45) is 8.72. The van der Waals surface area contributed by atoms with Crippen molar-refractivity contribution in [2.45, 2.75) is 55.3 Å². The van der Waals surface area contributed by atoms with E-state index in [1.165, 1.54) is 18.4 Å². The van der Waals surface area contributed by atoms with E-state index in [4.69, 9.17) is 4.74 Å². The van der Waals surface area contributed by atoms with Crippen LogP contribution in [0.1, 0.15) is 36.8 Å². The molecule has 1 unspecified atom stereocenters. The molecule has 2 N–H and O–H groups in total. The maximum atomic E-state index is 12.1. The van der Waals surface area contributed by atoms with E-state index in [2.05, 4.69) is 17.6 Å². The second-order valence-corrected chi connectivity index (χ2v) is 8.86. The molecule has 2 fully saturated rings. The number of piperidine rings is 1. The number of benzene rings is 1. The fraction of sp³-hybridized carbons (Fsp3) is 0.545. The summed E-state index contributed by atoms with van der Waals surface area (Å²) in [6.45, 7) is 6.07. The summed E-state index contributed by atoms with van der Waals surface area (Å²) in [7, 11) is 0. The van der Waals surface area contributed by atoms with Crippen molar-refractivity contribution < 1.29 is 14.9 Å². The first-order valence-corrected chi connectivity index (χ1v) is 9.89. The van der Waals surface area contributed by atoms with Gasteiger partial charge in [0.05, 0.1) is 11.0 Å². The van der Waals surface area contributed by atoms with Crippen molar-refractivity contribution in [1.29, 1.82) is 0 Å². The number of phenols is 1. The maximum Gasteiger partial charge on any atom is 0.166 e. The number of rotatable bonds is 3. The lowest BCUT2D eigenvalue weighted by Gasteiger charge is -2.62. The van der Waals surface area contributed by atoms with Crippen molar-refractivity contribution in [3.05, 3.63) is 47.6 Å². The Bertz CT molecular complexity index is 857. The Hall–Kier alpha value is -1.78. The van der Waals surface area contributed by atoms with Crippen LogP contribution in [0.25, 0.3) is 0 Å². The van der Waals surface area contributed by atoms with E-state index in [1.807, 2.05) is 12.1 Å². The molecule has 1 aromatic rings. The van der Waals surface area contributed by atoms with Gasteiger partial charge in [-0.1, -0.05) is 24.8 Å². The van der Waals surface area contributed by atoms with Gasteiger partial charge >= 0.3 is 0 Å². The minimum Gasteiger partial charge on any atom is -0.504 e. The molecule has 2 heterocycles. The van der Waals surface area contributed by atoms with Gasteiger partial charge in [-0.25, -0.2) is 0 Å². The molecule has 2 aliphatic heterocycles. The zero-order chi connectivity index (χ0) is 17.7. The summed E-state index contributed by atoms with van der Waals surface area (Å²) < 4.78 is 6.34. The van der Waals surface area contributed by atoms with Crippen molar-refractivity contribution in [2.75, 3.05) is 13.1 Å². The van der Waals surface area contributed by atoms with Crippen molar-refractivity contribution in [3.63, 3.8) is 0 Å². The highest BCUT2D eigenvalue weighted by Gasteiger charge is 2.71. The molecule has 0 amide bonds. The second kappa shape index (κ2) is 4.73. The lowest BCUT2D eigenvalue weighted by Crippen LogP contribution is -2.75. The number of phenolic OH excluding ortho intramolecular Hbond substituents is 1. The monoisotopic (exact) mass is 351 g/mol. The molecule has 1 saturated carbocycles. The third-order valence-corrected chi connectivity index (χ3v) is 7.70. The smallest absolute Gasteiger partial charge is 0.166 e. The van der Waals surface area contributed by atoms with Gasteiger partial charge in [-0.2, -0.15) is 0 Å². The van der Waals surface area contributed by atoms with Crippen molar-refractivity contribution in [3.8, 4) is 11.5 Å². The molecule has 4 nitrogen and oxygen atoms in total. The Labute approximate surface area is 153 Å². The van der Waals surface area contributed by atoms with E-state index >= 15 is 0 Å². The van der Waals surface area contributed by atoms with Crippen LogP contribution < -0.4 is 4.74 Å². The number of likely N-dealkylation sites (tertiary alicyclic amines) is 1.